The number of hydrogen-bond acceptors (Lipinski definition) is 5. The molecule has 1 atom stereocenters. The highest BCUT2D eigenvalue weighted by atomic mass is 15.2. The van der Waals surface area contributed by atoms with Crippen LogP contribution in [-0.4, -0.2) is 27.0 Å². The minimum absolute atomic E-state index is 0.321. The number of hydrogen-bond donors (Lipinski definition) is 2. The van der Waals surface area contributed by atoms with E-state index in [1.807, 2.05) is 18.2 Å². The zero-order valence-electron chi connectivity index (χ0n) is 13.1. The van der Waals surface area contributed by atoms with Crippen molar-refractivity contribution in [1.82, 2.24) is 15.0 Å². The van der Waals surface area contributed by atoms with Crippen LogP contribution in [0.1, 0.15) is 34.1 Å². The average molecular weight is 285 g/mol. The predicted octanol–water partition coefficient (Wildman–Crippen LogP) is 3.57. The van der Waals surface area contributed by atoms with Crippen LogP contribution in [0.5, 0.6) is 0 Å². The van der Waals surface area contributed by atoms with Crippen molar-refractivity contribution in [1.29, 1.82) is 0 Å². The van der Waals surface area contributed by atoms with Gasteiger partial charge in [-0.1, -0.05) is 6.92 Å². The Balaban J connectivity index is 2.37. The minimum Gasteiger partial charge on any atom is -0.368 e. The molecule has 2 heterocycles. The van der Waals surface area contributed by atoms with Gasteiger partial charge in [0.15, 0.2) is 0 Å². The first-order valence-corrected chi connectivity index (χ1v) is 7.41. The lowest BCUT2D eigenvalue weighted by molar-refractivity contribution is 0.752. The second-order valence-electron chi connectivity index (χ2n) is 5.45. The van der Waals surface area contributed by atoms with Crippen molar-refractivity contribution in [3.8, 4) is 11.3 Å². The van der Waals surface area contributed by atoms with Crippen LogP contribution in [0.4, 0.5) is 11.8 Å². The zero-order valence-corrected chi connectivity index (χ0v) is 13.1. The van der Waals surface area contributed by atoms with Crippen molar-refractivity contribution < 1.29 is 0 Å². The molecule has 0 radical (unpaired) electrons. The molecule has 0 aromatic carbocycles. The van der Waals surface area contributed by atoms with Gasteiger partial charge < -0.3 is 10.6 Å². The van der Waals surface area contributed by atoms with E-state index in [0.29, 0.717) is 18.0 Å². The third-order valence-corrected chi connectivity index (χ3v) is 3.13. The topological polar surface area (TPSA) is 62.7 Å². The first-order valence-electron chi connectivity index (χ1n) is 7.41. The molecule has 5 nitrogen and oxygen atoms in total. The van der Waals surface area contributed by atoms with E-state index < -0.39 is 0 Å². The Hall–Kier alpha value is -2.17. The fraction of sp³-hybridized carbons (Fsp3) is 0.438. The smallest absolute Gasteiger partial charge is 0.225 e. The van der Waals surface area contributed by atoms with Gasteiger partial charge >= 0.3 is 0 Å². The molecular formula is C16H23N5. The number of anilines is 2. The van der Waals surface area contributed by atoms with E-state index in [1.165, 1.54) is 0 Å². The molecule has 0 aliphatic carbocycles. The fourth-order valence-electron chi connectivity index (χ4n) is 1.87. The highest BCUT2D eigenvalue weighted by molar-refractivity contribution is 5.64. The molecule has 2 aromatic heterocycles. The van der Waals surface area contributed by atoms with Crippen LogP contribution < -0.4 is 10.6 Å². The van der Waals surface area contributed by atoms with Gasteiger partial charge in [0.25, 0.3) is 0 Å². The quantitative estimate of drug-likeness (QED) is 0.849. The highest BCUT2D eigenvalue weighted by Crippen LogP contribution is 2.21. The number of nitrogens with one attached hydrogen (secondary N) is 2. The summed E-state index contributed by atoms with van der Waals surface area (Å²) in [6, 6.07) is 6.53. The molecule has 0 aliphatic rings. The summed E-state index contributed by atoms with van der Waals surface area (Å²) in [6.07, 6.45) is 4.57. The Morgan fingerprint density at radius 2 is 1.76 bits per heavy atom. The number of aromatic nitrogens is 3. The summed E-state index contributed by atoms with van der Waals surface area (Å²) < 4.78 is 0. The largest absolute Gasteiger partial charge is 0.368 e. The van der Waals surface area contributed by atoms with E-state index >= 15 is 0 Å². The van der Waals surface area contributed by atoms with Gasteiger partial charge in [0.05, 0.1) is 5.69 Å². The first-order chi connectivity index (χ1) is 10.1. The molecule has 21 heavy (non-hydrogen) atoms. The molecule has 2 rings (SSSR count). The second kappa shape index (κ2) is 7.02. The van der Waals surface area contributed by atoms with Gasteiger partial charge in [-0.25, -0.2) is 4.98 Å². The maximum Gasteiger partial charge on any atom is 0.225 e. The molecule has 2 N–H and O–H groups in total. The lowest BCUT2D eigenvalue weighted by Gasteiger charge is -2.15. The van der Waals surface area contributed by atoms with Gasteiger partial charge in [0.2, 0.25) is 5.95 Å². The summed E-state index contributed by atoms with van der Waals surface area (Å²) in [7, 11) is 0. The van der Waals surface area contributed by atoms with E-state index in [1.54, 1.807) is 12.4 Å². The summed E-state index contributed by atoms with van der Waals surface area (Å²) >= 11 is 0. The van der Waals surface area contributed by atoms with Crippen LogP contribution in [0.25, 0.3) is 11.3 Å². The normalized spacial score (nSPS) is 12.2. The van der Waals surface area contributed by atoms with Crippen LogP contribution in [0, 0.1) is 0 Å². The van der Waals surface area contributed by atoms with Crippen molar-refractivity contribution >= 4 is 11.8 Å². The van der Waals surface area contributed by atoms with Crippen molar-refractivity contribution in [2.75, 3.05) is 10.6 Å². The van der Waals surface area contributed by atoms with Gasteiger partial charge in [-0.05, 0) is 39.3 Å². The summed E-state index contributed by atoms with van der Waals surface area (Å²) in [5.41, 5.74) is 1.92. The van der Waals surface area contributed by atoms with Crippen LogP contribution in [0.2, 0.25) is 0 Å². The summed E-state index contributed by atoms with van der Waals surface area (Å²) in [4.78, 5) is 13.2. The van der Waals surface area contributed by atoms with Gasteiger partial charge in [-0.2, -0.15) is 4.98 Å². The summed E-state index contributed by atoms with van der Waals surface area (Å²) in [5.74, 6) is 1.49. The molecular weight excluding hydrogens is 262 g/mol. The number of rotatable bonds is 6. The van der Waals surface area contributed by atoms with E-state index in [4.69, 9.17) is 0 Å². The maximum atomic E-state index is 4.61. The number of nitrogens with zero attached hydrogens (tertiary/aromatic N) is 3. The molecule has 0 bridgehead atoms. The molecule has 0 saturated carbocycles. The predicted molar refractivity (Wildman–Crippen MR) is 87.4 cm³/mol. The minimum atomic E-state index is 0.321. The van der Waals surface area contributed by atoms with Crippen molar-refractivity contribution in [2.45, 2.75) is 46.2 Å². The average Bonchev–Trinajstić information content (AvgIpc) is 2.47. The summed E-state index contributed by atoms with van der Waals surface area (Å²) in [6.45, 7) is 8.45. The molecule has 2 aromatic rings. The lowest BCUT2D eigenvalue weighted by atomic mass is 10.2. The monoisotopic (exact) mass is 285 g/mol. The van der Waals surface area contributed by atoms with Crippen molar-refractivity contribution in [2.24, 2.45) is 0 Å². The molecule has 0 spiro atoms. The first kappa shape index (κ1) is 15.2. The molecule has 5 heteroatoms. The Labute approximate surface area is 126 Å². The van der Waals surface area contributed by atoms with Crippen LogP contribution >= 0.6 is 0 Å². The maximum absolute atomic E-state index is 4.61. The van der Waals surface area contributed by atoms with Gasteiger partial charge in [0.1, 0.15) is 5.82 Å². The fourth-order valence-corrected chi connectivity index (χ4v) is 1.87. The van der Waals surface area contributed by atoms with Crippen molar-refractivity contribution in [3.63, 3.8) is 0 Å². The van der Waals surface area contributed by atoms with Crippen molar-refractivity contribution in [3.05, 3.63) is 30.6 Å². The molecule has 0 aliphatic heterocycles. The molecule has 112 valence electrons. The number of pyridine rings is 1. The van der Waals surface area contributed by atoms with E-state index in [2.05, 4.69) is 53.3 Å². The third kappa shape index (κ3) is 4.41. The molecule has 0 amide bonds. The third-order valence-electron chi connectivity index (χ3n) is 3.13. The Morgan fingerprint density at radius 1 is 1.05 bits per heavy atom. The molecule has 0 unspecified atom stereocenters. The zero-order chi connectivity index (χ0) is 15.2. The molecule has 0 saturated heterocycles. The Kier molecular flexibility index (Phi) is 5.09. The van der Waals surface area contributed by atoms with Crippen LogP contribution in [0.3, 0.4) is 0 Å². The Bertz CT molecular complexity index is 568. The lowest BCUT2D eigenvalue weighted by Crippen LogP contribution is -2.18. The van der Waals surface area contributed by atoms with E-state index in [-0.39, 0.29) is 0 Å². The van der Waals surface area contributed by atoms with E-state index in [9.17, 15) is 0 Å². The highest BCUT2D eigenvalue weighted by Gasteiger charge is 2.09. The van der Waals surface area contributed by atoms with Gasteiger partial charge in [0, 0.05) is 36.1 Å². The Morgan fingerprint density at radius 3 is 2.38 bits per heavy atom. The summed E-state index contributed by atoms with van der Waals surface area (Å²) in [5, 5.41) is 6.68. The van der Waals surface area contributed by atoms with Gasteiger partial charge in [-0.15, -0.1) is 0 Å². The van der Waals surface area contributed by atoms with Crippen LogP contribution in [0.15, 0.2) is 30.6 Å². The SMILES string of the molecule is CC[C@@H](C)Nc1nc(NC(C)C)cc(-c2ccncc2)n1. The van der Waals surface area contributed by atoms with E-state index in [0.717, 1.165) is 23.5 Å². The standard InChI is InChI=1S/C16H23N5/c1-5-12(4)19-16-20-14(13-6-8-17-9-7-13)10-15(21-16)18-11(2)3/h6-12H,5H2,1-4H3,(H2,18,19,20,21)/t12-/m1/s1. The second-order valence-corrected chi connectivity index (χ2v) is 5.45. The van der Waals surface area contributed by atoms with Gasteiger partial charge in [-0.3, -0.25) is 4.98 Å². The van der Waals surface area contributed by atoms with Crippen LogP contribution in [-0.2, 0) is 0 Å². The molecule has 0 fully saturated rings.